The maximum atomic E-state index is 13.2. The average Bonchev–Trinajstić information content (AvgIpc) is 3.27. The number of benzene rings is 3. The number of carbonyl (C=O) groups excluding carboxylic acids is 2. The molecule has 0 bridgehead atoms. The SMILES string of the molecule is O=C(C=Cc1ccccc1)NCCc1ccccc1C(=O)c1ccc2c(c1)CC(C(=O)O)C2. The standard InChI is InChI=1S/C28H25NO4/c30-26(13-10-19-6-2-1-3-7-19)29-15-14-20-8-4-5-9-25(20)27(31)22-12-11-21-16-24(28(32)33)18-23(21)17-22/h1-13,17,24H,14-16,18H2,(H,29,30)(H,32,33). The Bertz CT molecular complexity index is 1210. The number of ketones is 1. The van der Waals surface area contributed by atoms with Gasteiger partial charge in [-0.05, 0) is 53.7 Å². The van der Waals surface area contributed by atoms with Crippen molar-refractivity contribution in [1.29, 1.82) is 0 Å². The second-order valence-electron chi connectivity index (χ2n) is 8.20. The third-order valence-electron chi connectivity index (χ3n) is 5.93. The summed E-state index contributed by atoms with van der Waals surface area (Å²) in [4.78, 5) is 36.7. The molecule has 1 aliphatic carbocycles. The van der Waals surface area contributed by atoms with Gasteiger partial charge in [-0.2, -0.15) is 0 Å². The summed E-state index contributed by atoms with van der Waals surface area (Å²) >= 11 is 0. The minimum absolute atomic E-state index is 0.0949. The molecule has 0 heterocycles. The molecule has 3 aromatic rings. The number of amides is 1. The van der Waals surface area contributed by atoms with Crippen molar-refractivity contribution in [3.63, 3.8) is 0 Å². The van der Waals surface area contributed by atoms with Crippen molar-refractivity contribution in [1.82, 2.24) is 5.32 Å². The molecule has 5 heteroatoms. The fourth-order valence-corrected chi connectivity index (χ4v) is 4.16. The van der Waals surface area contributed by atoms with E-state index in [4.69, 9.17) is 0 Å². The number of carboxylic acids is 1. The van der Waals surface area contributed by atoms with Crippen LogP contribution in [0.2, 0.25) is 0 Å². The number of rotatable bonds is 8. The first kappa shape index (κ1) is 22.2. The third kappa shape index (κ3) is 5.44. The molecule has 3 aromatic carbocycles. The predicted octanol–water partition coefficient (Wildman–Crippen LogP) is 4.09. The van der Waals surface area contributed by atoms with Crippen LogP contribution in [0.3, 0.4) is 0 Å². The van der Waals surface area contributed by atoms with Crippen LogP contribution in [0.25, 0.3) is 6.08 Å². The molecule has 0 aromatic heterocycles. The van der Waals surface area contributed by atoms with E-state index in [1.165, 1.54) is 6.08 Å². The highest BCUT2D eigenvalue weighted by Crippen LogP contribution is 2.29. The van der Waals surface area contributed by atoms with Gasteiger partial charge < -0.3 is 10.4 Å². The molecule has 166 valence electrons. The summed E-state index contributed by atoms with van der Waals surface area (Å²) in [6.45, 7) is 0.409. The van der Waals surface area contributed by atoms with E-state index in [-0.39, 0.29) is 11.7 Å². The molecule has 0 saturated carbocycles. The number of nitrogens with one attached hydrogen (secondary N) is 1. The summed E-state index contributed by atoms with van der Waals surface area (Å²) in [6, 6.07) is 22.5. The van der Waals surface area contributed by atoms with Crippen LogP contribution in [0.5, 0.6) is 0 Å². The smallest absolute Gasteiger partial charge is 0.307 e. The highest BCUT2D eigenvalue weighted by atomic mass is 16.4. The molecule has 4 rings (SSSR count). The van der Waals surface area contributed by atoms with Gasteiger partial charge in [0.05, 0.1) is 5.92 Å². The molecule has 2 N–H and O–H groups in total. The first-order chi connectivity index (χ1) is 16.0. The number of hydrogen-bond donors (Lipinski definition) is 2. The van der Waals surface area contributed by atoms with Crippen LogP contribution in [0, 0.1) is 5.92 Å². The Balaban J connectivity index is 1.40. The molecule has 1 aliphatic rings. The molecule has 0 spiro atoms. The van der Waals surface area contributed by atoms with Crippen LogP contribution in [0.4, 0.5) is 0 Å². The fraction of sp³-hybridized carbons (Fsp3) is 0.179. The van der Waals surface area contributed by atoms with Gasteiger partial charge in [-0.1, -0.05) is 66.7 Å². The Kier molecular flexibility index (Phi) is 6.79. The molecule has 0 aliphatic heterocycles. The van der Waals surface area contributed by atoms with Gasteiger partial charge in [-0.25, -0.2) is 0 Å². The first-order valence-electron chi connectivity index (χ1n) is 11.0. The zero-order chi connectivity index (χ0) is 23.2. The lowest BCUT2D eigenvalue weighted by molar-refractivity contribution is -0.141. The Hall–Kier alpha value is -3.99. The van der Waals surface area contributed by atoms with E-state index in [2.05, 4.69) is 5.32 Å². The van der Waals surface area contributed by atoms with Gasteiger partial charge in [0.25, 0.3) is 0 Å². The van der Waals surface area contributed by atoms with E-state index >= 15 is 0 Å². The van der Waals surface area contributed by atoms with Gasteiger partial charge in [0.2, 0.25) is 5.91 Å². The zero-order valence-corrected chi connectivity index (χ0v) is 18.2. The van der Waals surface area contributed by atoms with Gasteiger partial charge >= 0.3 is 5.97 Å². The molecule has 0 saturated heterocycles. The highest BCUT2D eigenvalue weighted by Gasteiger charge is 2.28. The van der Waals surface area contributed by atoms with E-state index in [0.717, 1.165) is 22.3 Å². The highest BCUT2D eigenvalue weighted by molar-refractivity contribution is 6.10. The van der Waals surface area contributed by atoms with E-state index in [1.807, 2.05) is 60.7 Å². The van der Waals surface area contributed by atoms with Crippen molar-refractivity contribution in [3.8, 4) is 0 Å². The lowest BCUT2D eigenvalue weighted by Crippen LogP contribution is -2.24. The molecular formula is C28H25NO4. The second kappa shape index (κ2) is 10.1. The number of fused-ring (bicyclic) bond motifs is 1. The van der Waals surface area contributed by atoms with Gasteiger partial charge in [0.15, 0.2) is 5.78 Å². The number of carboxylic acid groups (broad SMARTS) is 1. The number of hydrogen-bond acceptors (Lipinski definition) is 3. The second-order valence-corrected chi connectivity index (χ2v) is 8.20. The maximum Gasteiger partial charge on any atom is 0.307 e. The monoisotopic (exact) mass is 439 g/mol. The minimum atomic E-state index is -0.801. The summed E-state index contributed by atoms with van der Waals surface area (Å²) in [5.41, 5.74) is 4.90. The minimum Gasteiger partial charge on any atom is -0.481 e. The van der Waals surface area contributed by atoms with Crippen LogP contribution >= 0.6 is 0 Å². The van der Waals surface area contributed by atoms with Crippen LogP contribution in [-0.4, -0.2) is 29.3 Å². The molecule has 1 atom stereocenters. The lowest BCUT2D eigenvalue weighted by atomic mass is 9.95. The van der Waals surface area contributed by atoms with Crippen molar-refractivity contribution in [2.45, 2.75) is 19.3 Å². The summed E-state index contributed by atoms with van der Waals surface area (Å²) < 4.78 is 0. The van der Waals surface area contributed by atoms with E-state index in [9.17, 15) is 19.5 Å². The van der Waals surface area contributed by atoms with Crippen LogP contribution < -0.4 is 5.32 Å². The Morgan fingerprint density at radius 2 is 1.64 bits per heavy atom. The molecule has 0 fully saturated rings. The number of aliphatic carboxylic acids is 1. The summed E-state index contributed by atoms with van der Waals surface area (Å²) in [5, 5.41) is 12.2. The van der Waals surface area contributed by atoms with Crippen molar-refractivity contribution < 1.29 is 19.5 Å². The predicted molar refractivity (Wildman–Crippen MR) is 127 cm³/mol. The van der Waals surface area contributed by atoms with Crippen molar-refractivity contribution >= 4 is 23.7 Å². The molecule has 0 radical (unpaired) electrons. The van der Waals surface area contributed by atoms with Crippen molar-refractivity contribution in [2.75, 3.05) is 6.54 Å². The molecular weight excluding hydrogens is 414 g/mol. The summed E-state index contributed by atoms with van der Waals surface area (Å²) in [5.74, 6) is -1.50. The molecule has 5 nitrogen and oxygen atoms in total. The zero-order valence-electron chi connectivity index (χ0n) is 18.2. The van der Waals surface area contributed by atoms with Crippen LogP contribution in [0.1, 0.15) is 38.2 Å². The first-order valence-corrected chi connectivity index (χ1v) is 11.0. The van der Waals surface area contributed by atoms with Gasteiger partial charge in [0, 0.05) is 23.7 Å². The topological polar surface area (TPSA) is 83.5 Å². The van der Waals surface area contributed by atoms with E-state index in [0.29, 0.717) is 36.9 Å². The van der Waals surface area contributed by atoms with E-state index in [1.54, 1.807) is 18.2 Å². The maximum absolute atomic E-state index is 13.2. The fourth-order valence-electron chi connectivity index (χ4n) is 4.16. The summed E-state index contributed by atoms with van der Waals surface area (Å²) in [7, 11) is 0. The molecule has 33 heavy (non-hydrogen) atoms. The van der Waals surface area contributed by atoms with Gasteiger partial charge in [0.1, 0.15) is 0 Å². The third-order valence-corrected chi connectivity index (χ3v) is 5.93. The van der Waals surface area contributed by atoms with Crippen molar-refractivity contribution in [3.05, 3.63) is 112 Å². The average molecular weight is 440 g/mol. The summed E-state index contributed by atoms with van der Waals surface area (Å²) in [6.07, 6.45) is 4.75. The normalized spacial score (nSPS) is 14.7. The van der Waals surface area contributed by atoms with E-state index < -0.39 is 11.9 Å². The van der Waals surface area contributed by atoms with Crippen LogP contribution in [-0.2, 0) is 28.9 Å². The largest absolute Gasteiger partial charge is 0.481 e. The quantitative estimate of drug-likeness (QED) is 0.409. The molecule has 1 unspecified atom stereocenters. The Morgan fingerprint density at radius 1 is 0.909 bits per heavy atom. The molecule has 1 amide bonds. The van der Waals surface area contributed by atoms with Crippen molar-refractivity contribution in [2.24, 2.45) is 5.92 Å². The van der Waals surface area contributed by atoms with Gasteiger partial charge in [-0.3, -0.25) is 14.4 Å². The Labute approximate surface area is 192 Å². The Morgan fingerprint density at radius 3 is 2.42 bits per heavy atom. The number of carbonyl (C=O) groups is 3. The van der Waals surface area contributed by atoms with Gasteiger partial charge in [-0.15, -0.1) is 0 Å². The van der Waals surface area contributed by atoms with Crippen LogP contribution in [0.15, 0.2) is 78.9 Å². The lowest BCUT2D eigenvalue weighted by Gasteiger charge is -2.10.